The normalized spacial score (nSPS) is 14.7. The summed E-state index contributed by atoms with van der Waals surface area (Å²) >= 11 is 0. The van der Waals surface area contributed by atoms with E-state index in [1.807, 2.05) is 37.4 Å². The molecule has 1 aromatic carbocycles. The minimum absolute atomic E-state index is 0.577. The molecule has 0 bridgehead atoms. The predicted octanol–water partition coefficient (Wildman–Crippen LogP) is 4.45. The first-order valence-electron chi connectivity index (χ1n) is 11.3. The first kappa shape index (κ1) is 22.7. The monoisotopic (exact) mass is 425 g/mol. The average Bonchev–Trinajstić information content (AvgIpc) is 3.08. The van der Waals surface area contributed by atoms with E-state index in [2.05, 4.69) is 33.5 Å². The Balaban J connectivity index is 1.71. The van der Waals surface area contributed by atoms with Gasteiger partial charge >= 0.3 is 0 Å². The van der Waals surface area contributed by atoms with Crippen molar-refractivity contribution in [3.05, 3.63) is 42.1 Å². The van der Waals surface area contributed by atoms with E-state index < -0.39 is 0 Å². The fourth-order valence-corrected chi connectivity index (χ4v) is 3.67. The third-order valence-corrected chi connectivity index (χ3v) is 5.23. The Kier molecular flexibility index (Phi) is 8.82. The molecule has 7 nitrogen and oxygen atoms in total. The van der Waals surface area contributed by atoms with Crippen LogP contribution in [-0.4, -0.2) is 44.3 Å². The Hall–Kier alpha value is -2.96. The number of hydrogen-bond donors (Lipinski definition) is 2. The van der Waals surface area contributed by atoms with Gasteiger partial charge in [-0.05, 0) is 56.5 Å². The van der Waals surface area contributed by atoms with Crippen LogP contribution in [0.2, 0.25) is 0 Å². The highest BCUT2D eigenvalue weighted by Gasteiger charge is 2.11. The van der Waals surface area contributed by atoms with E-state index in [4.69, 9.17) is 14.5 Å². The van der Waals surface area contributed by atoms with Crippen LogP contribution in [0.3, 0.4) is 0 Å². The highest BCUT2D eigenvalue weighted by atomic mass is 16.5. The van der Waals surface area contributed by atoms with Crippen molar-refractivity contribution in [2.45, 2.75) is 46.1 Å². The van der Waals surface area contributed by atoms with Crippen LogP contribution in [0.1, 0.15) is 45.1 Å². The first-order valence-corrected chi connectivity index (χ1v) is 11.3. The summed E-state index contributed by atoms with van der Waals surface area (Å²) in [7, 11) is 1.64. The molecule has 168 valence electrons. The fraction of sp³-hybridized carbons (Fsp3) is 0.500. The van der Waals surface area contributed by atoms with E-state index in [0.29, 0.717) is 24.7 Å². The number of rotatable bonds is 8. The van der Waals surface area contributed by atoms with Crippen LogP contribution in [0.5, 0.6) is 11.5 Å². The summed E-state index contributed by atoms with van der Waals surface area (Å²) in [5.41, 5.74) is 2.04. The molecular formula is C24H35N5O2. The van der Waals surface area contributed by atoms with Crippen molar-refractivity contribution >= 4 is 17.5 Å². The zero-order chi connectivity index (χ0) is 21.9. The summed E-state index contributed by atoms with van der Waals surface area (Å²) in [5, 5.41) is 6.67. The molecule has 3 rings (SSSR count). The van der Waals surface area contributed by atoms with Crippen molar-refractivity contribution < 1.29 is 9.47 Å². The topological polar surface area (TPSA) is 71.0 Å². The van der Waals surface area contributed by atoms with Crippen LogP contribution in [-0.2, 0) is 6.54 Å². The number of hydrogen-bond acceptors (Lipinski definition) is 5. The number of nitrogens with zero attached hydrogens (tertiary/aromatic N) is 3. The molecule has 2 aromatic rings. The van der Waals surface area contributed by atoms with E-state index >= 15 is 0 Å². The molecule has 2 heterocycles. The van der Waals surface area contributed by atoms with Gasteiger partial charge in [-0.3, -0.25) is 0 Å². The van der Waals surface area contributed by atoms with Gasteiger partial charge in [-0.1, -0.05) is 12.8 Å². The molecule has 0 spiro atoms. The molecule has 1 fully saturated rings. The molecule has 0 unspecified atom stereocenters. The van der Waals surface area contributed by atoms with E-state index in [1.165, 1.54) is 25.7 Å². The Morgan fingerprint density at radius 2 is 1.87 bits per heavy atom. The van der Waals surface area contributed by atoms with Crippen LogP contribution in [0.4, 0.5) is 11.5 Å². The molecule has 0 atom stereocenters. The van der Waals surface area contributed by atoms with E-state index in [1.54, 1.807) is 7.11 Å². The van der Waals surface area contributed by atoms with Gasteiger partial charge in [0.15, 0.2) is 17.5 Å². The predicted molar refractivity (Wildman–Crippen MR) is 128 cm³/mol. The van der Waals surface area contributed by atoms with Gasteiger partial charge in [0.2, 0.25) is 0 Å². The lowest BCUT2D eigenvalue weighted by Gasteiger charge is -2.21. The number of anilines is 2. The molecule has 0 aliphatic carbocycles. The zero-order valence-corrected chi connectivity index (χ0v) is 19.0. The van der Waals surface area contributed by atoms with Crippen LogP contribution >= 0.6 is 0 Å². The van der Waals surface area contributed by atoms with Crippen LogP contribution < -0.4 is 25.0 Å². The average molecular weight is 426 g/mol. The van der Waals surface area contributed by atoms with Gasteiger partial charge < -0.3 is 25.0 Å². The highest BCUT2D eigenvalue weighted by molar-refractivity contribution is 5.93. The molecule has 31 heavy (non-hydrogen) atoms. The van der Waals surface area contributed by atoms with Gasteiger partial charge in [0.05, 0.1) is 20.3 Å². The smallest absolute Gasteiger partial charge is 0.196 e. The second-order valence-electron chi connectivity index (χ2n) is 7.54. The van der Waals surface area contributed by atoms with Gasteiger partial charge in [0.1, 0.15) is 5.82 Å². The van der Waals surface area contributed by atoms with Gasteiger partial charge in [-0.25, -0.2) is 9.98 Å². The second-order valence-corrected chi connectivity index (χ2v) is 7.54. The zero-order valence-electron chi connectivity index (χ0n) is 19.0. The van der Waals surface area contributed by atoms with Crippen molar-refractivity contribution in [1.82, 2.24) is 10.3 Å². The SMILES string of the molecule is CCNC(=NCc1ccnc(N2CCCCCC2)c1)Nc1ccc(OC)c(OCC)c1. The molecule has 0 saturated carbocycles. The first-order chi connectivity index (χ1) is 15.2. The summed E-state index contributed by atoms with van der Waals surface area (Å²) in [6.07, 6.45) is 7.00. The van der Waals surface area contributed by atoms with Crippen molar-refractivity contribution in [3.8, 4) is 11.5 Å². The lowest BCUT2D eigenvalue weighted by atomic mass is 10.2. The largest absolute Gasteiger partial charge is 0.493 e. The second kappa shape index (κ2) is 12.0. The van der Waals surface area contributed by atoms with Crippen molar-refractivity contribution in [1.29, 1.82) is 0 Å². The van der Waals surface area contributed by atoms with Gasteiger partial charge in [0.25, 0.3) is 0 Å². The lowest BCUT2D eigenvalue weighted by molar-refractivity contribution is 0.311. The molecule has 0 radical (unpaired) electrons. The Morgan fingerprint density at radius 3 is 2.58 bits per heavy atom. The number of guanidine groups is 1. The lowest BCUT2D eigenvalue weighted by Crippen LogP contribution is -2.30. The third kappa shape index (κ3) is 6.77. The molecule has 1 aromatic heterocycles. The number of methoxy groups -OCH3 is 1. The molecule has 0 amide bonds. The van der Waals surface area contributed by atoms with E-state index in [9.17, 15) is 0 Å². The highest BCUT2D eigenvalue weighted by Crippen LogP contribution is 2.30. The van der Waals surface area contributed by atoms with E-state index in [0.717, 1.165) is 42.7 Å². The number of ether oxygens (including phenoxy) is 2. The quantitative estimate of drug-likeness (QED) is 0.481. The van der Waals surface area contributed by atoms with Crippen LogP contribution in [0.15, 0.2) is 41.5 Å². The number of benzene rings is 1. The summed E-state index contributed by atoms with van der Waals surface area (Å²) in [6, 6.07) is 9.98. The van der Waals surface area contributed by atoms with Crippen LogP contribution in [0.25, 0.3) is 0 Å². The maximum atomic E-state index is 5.68. The van der Waals surface area contributed by atoms with Crippen LogP contribution in [0, 0.1) is 0 Å². The summed E-state index contributed by atoms with van der Waals surface area (Å²) in [6.45, 7) is 8.12. The van der Waals surface area contributed by atoms with Crippen molar-refractivity contribution in [2.24, 2.45) is 4.99 Å². The van der Waals surface area contributed by atoms with Crippen molar-refractivity contribution in [3.63, 3.8) is 0 Å². The molecule has 2 N–H and O–H groups in total. The molecule has 1 aliphatic heterocycles. The Bertz CT molecular complexity index is 848. The Labute approximate surface area is 185 Å². The minimum atomic E-state index is 0.577. The molecule has 1 aliphatic rings. The van der Waals surface area contributed by atoms with Gasteiger partial charge in [-0.15, -0.1) is 0 Å². The summed E-state index contributed by atoms with van der Waals surface area (Å²) < 4.78 is 11.1. The molecular weight excluding hydrogens is 390 g/mol. The number of aromatic nitrogens is 1. The standard InChI is InChI=1S/C24H35N5O2/c1-4-25-24(28-20-10-11-21(30-3)22(17-20)31-5-2)27-18-19-12-13-26-23(16-19)29-14-8-6-7-9-15-29/h10-13,16-17H,4-9,14-15,18H2,1-3H3,(H2,25,27,28). The summed E-state index contributed by atoms with van der Waals surface area (Å²) in [4.78, 5) is 11.8. The molecule has 1 saturated heterocycles. The van der Waals surface area contributed by atoms with Gasteiger partial charge in [0, 0.05) is 37.6 Å². The Morgan fingerprint density at radius 1 is 1.06 bits per heavy atom. The minimum Gasteiger partial charge on any atom is -0.493 e. The number of pyridine rings is 1. The van der Waals surface area contributed by atoms with E-state index in [-0.39, 0.29) is 0 Å². The summed E-state index contributed by atoms with van der Waals surface area (Å²) in [5.74, 6) is 3.21. The maximum Gasteiger partial charge on any atom is 0.196 e. The fourth-order valence-electron chi connectivity index (χ4n) is 3.67. The third-order valence-electron chi connectivity index (χ3n) is 5.23. The van der Waals surface area contributed by atoms with Gasteiger partial charge in [-0.2, -0.15) is 0 Å². The van der Waals surface area contributed by atoms with Crippen molar-refractivity contribution in [2.75, 3.05) is 43.6 Å². The maximum absolute atomic E-state index is 5.68. The number of nitrogens with one attached hydrogen (secondary N) is 2. The molecule has 7 heteroatoms. The number of aliphatic imine (C=N–C) groups is 1.